The Balaban J connectivity index is 1.62. The van der Waals surface area contributed by atoms with Crippen LogP contribution >= 0.6 is 22.9 Å². The number of amides is 1. The van der Waals surface area contributed by atoms with Crippen molar-refractivity contribution in [1.82, 2.24) is 10.1 Å². The number of halogens is 1. The van der Waals surface area contributed by atoms with Crippen molar-refractivity contribution in [3.63, 3.8) is 0 Å². The molecule has 0 aliphatic carbocycles. The SMILES string of the molecule is Cc1cc(NC(=O)COC(=O)c2sc(-c3ccc(Cl)cc3)nc2C)no1. The number of aryl methyl sites for hydroxylation is 2. The number of benzene rings is 1. The molecule has 3 rings (SSSR count). The second-order valence-corrected chi connectivity index (χ2v) is 6.82. The van der Waals surface area contributed by atoms with Crippen LogP contribution in [0.4, 0.5) is 5.82 Å². The van der Waals surface area contributed by atoms with Crippen LogP contribution in [0.5, 0.6) is 0 Å². The van der Waals surface area contributed by atoms with Crippen molar-refractivity contribution in [2.75, 3.05) is 11.9 Å². The van der Waals surface area contributed by atoms with Gasteiger partial charge in [0.25, 0.3) is 5.91 Å². The molecule has 0 spiro atoms. The molecule has 2 heterocycles. The Morgan fingerprint density at radius 3 is 2.65 bits per heavy atom. The number of ether oxygens (including phenoxy) is 1. The zero-order chi connectivity index (χ0) is 18.7. The van der Waals surface area contributed by atoms with Crippen molar-refractivity contribution in [3.8, 4) is 10.6 Å². The minimum atomic E-state index is -0.605. The molecule has 0 bridgehead atoms. The van der Waals surface area contributed by atoms with Gasteiger partial charge in [0.05, 0.1) is 5.69 Å². The first-order chi connectivity index (χ1) is 12.4. The van der Waals surface area contributed by atoms with E-state index in [1.807, 2.05) is 12.1 Å². The van der Waals surface area contributed by atoms with Crippen LogP contribution in [-0.4, -0.2) is 28.6 Å². The molecule has 0 atom stereocenters. The van der Waals surface area contributed by atoms with Gasteiger partial charge in [-0.3, -0.25) is 4.79 Å². The van der Waals surface area contributed by atoms with Gasteiger partial charge in [0.2, 0.25) is 0 Å². The second kappa shape index (κ2) is 7.67. The van der Waals surface area contributed by atoms with Gasteiger partial charge in [-0.2, -0.15) is 0 Å². The van der Waals surface area contributed by atoms with E-state index in [0.717, 1.165) is 5.56 Å². The van der Waals surface area contributed by atoms with Gasteiger partial charge in [-0.1, -0.05) is 28.9 Å². The van der Waals surface area contributed by atoms with Gasteiger partial charge in [0, 0.05) is 16.7 Å². The highest BCUT2D eigenvalue weighted by molar-refractivity contribution is 7.17. The quantitative estimate of drug-likeness (QED) is 0.663. The summed E-state index contributed by atoms with van der Waals surface area (Å²) in [5.74, 6) is -0.284. The molecule has 3 aromatic rings. The third-order valence-corrected chi connectivity index (χ3v) is 4.74. The van der Waals surface area contributed by atoms with Gasteiger partial charge in [-0.15, -0.1) is 11.3 Å². The number of hydrogen-bond donors (Lipinski definition) is 1. The molecular formula is C17H14ClN3O4S. The molecule has 2 aromatic heterocycles. The van der Waals surface area contributed by atoms with Gasteiger partial charge in [0.15, 0.2) is 12.4 Å². The Kier molecular flexibility index (Phi) is 5.34. The summed E-state index contributed by atoms with van der Waals surface area (Å²) in [6.45, 7) is 2.98. The summed E-state index contributed by atoms with van der Waals surface area (Å²) in [7, 11) is 0. The number of rotatable bonds is 5. The average molecular weight is 392 g/mol. The van der Waals surface area contributed by atoms with Crippen LogP contribution < -0.4 is 5.32 Å². The predicted octanol–water partition coefficient (Wildman–Crippen LogP) is 3.86. The second-order valence-electron chi connectivity index (χ2n) is 5.39. The van der Waals surface area contributed by atoms with Crippen LogP contribution in [-0.2, 0) is 9.53 Å². The number of carbonyl (C=O) groups is 2. The minimum Gasteiger partial charge on any atom is -0.451 e. The van der Waals surface area contributed by atoms with E-state index in [1.165, 1.54) is 11.3 Å². The monoisotopic (exact) mass is 391 g/mol. The van der Waals surface area contributed by atoms with Crippen molar-refractivity contribution in [2.24, 2.45) is 0 Å². The summed E-state index contributed by atoms with van der Waals surface area (Å²) in [5, 5.41) is 7.40. The molecule has 7 nitrogen and oxygen atoms in total. The number of anilines is 1. The Morgan fingerprint density at radius 1 is 1.27 bits per heavy atom. The minimum absolute atomic E-state index is 0.266. The summed E-state index contributed by atoms with van der Waals surface area (Å²) in [5.41, 5.74) is 1.39. The summed E-state index contributed by atoms with van der Waals surface area (Å²) in [4.78, 5) is 28.8. The van der Waals surface area contributed by atoms with Crippen LogP contribution in [0.15, 0.2) is 34.9 Å². The van der Waals surface area contributed by atoms with E-state index in [4.69, 9.17) is 20.9 Å². The first-order valence-corrected chi connectivity index (χ1v) is 8.75. The smallest absolute Gasteiger partial charge is 0.350 e. The fourth-order valence-corrected chi connectivity index (χ4v) is 3.19. The Bertz CT molecular complexity index is 949. The fourth-order valence-electron chi connectivity index (χ4n) is 2.10. The number of aromatic nitrogens is 2. The van der Waals surface area contributed by atoms with E-state index < -0.39 is 18.5 Å². The van der Waals surface area contributed by atoms with Crippen molar-refractivity contribution in [3.05, 3.63) is 51.7 Å². The van der Waals surface area contributed by atoms with Crippen molar-refractivity contribution >= 4 is 40.6 Å². The molecule has 0 aliphatic rings. The van der Waals surface area contributed by atoms with Crippen molar-refractivity contribution in [2.45, 2.75) is 13.8 Å². The Morgan fingerprint density at radius 2 is 2.00 bits per heavy atom. The van der Waals surface area contributed by atoms with E-state index in [1.54, 1.807) is 32.0 Å². The molecule has 1 aromatic carbocycles. The maximum absolute atomic E-state index is 12.2. The van der Waals surface area contributed by atoms with E-state index in [0.29, 0.717) is 26.4 Å². The van der Waals surface area contributed by atoms with Gasteiger partial charge in [-0.05, 0) is 26.0 Å². The molecule has 0 radical (unpaired) electrons. The number of nitrogens with zero attached hydrogens (tertiary/aromatic N) is 2. The molecule has 0 fully saturated rings. The molecule has 1 N–H and O–H groups in total. The zero-order valence-corrected chi connectivity index (χ0v) is 15.5. The van der Waals surface area contributed by atoms with E-state index >= 15 is 0 Å². The first-order valence-electron chi connectivity index (χ1n) is 7.56. The van der Waals surface area contributed by atoms with Crippen LogP contribution in [0.3, 0.4) is 0 Å². The van der Waals surface area contributed by atoms with Crippen LogP contribution in [0.25, 0.3) is 10.6 Å². The van der Waals surface area contributed by atoms with Crippen molar-refractivity contribution in [1.29, 1.82) is 0 Å². The lowest BCUT2D eigenvalue weighted by Crippen LogP contribution is -2.21. The predicted molar refractivity (Wildman–Crippen MR) is 97.4 cm³/mol. The number of nitrogens with one attached hydrogen (secondary N) is 1. The zero-order valence-electron chi connectivity index (χ0n) is 13.9. The number of carbonyl (C=O) groups excluding carboxylic acids is 2. The molecule has 134 valence electrons. The first kappa shape index (κ1) is 18.1. The molecule has 26 heavy (non-hydrogen) atoms. The molecular weight excluding hydrogens is 378 g/mol. The molecule has 0 saturated heterocycles. The highest BCUT2D eigenvalue weighted by atomic mass is 35.5. The Labute approximate surface area is 157 Å². The topological polar surface area (TPSA) is 94.3 Å². The van der Waals surface area contributed by atoms with E-state index in [-0.39, 0.29) is 5.82 Å². The number of esters is 1. The average Bonchev–Trinajstić information content (AvgIpc) is 3.19. The third-order valence-electron chi connectivity index (χ3n) is 3.30. The summed E-state index contributed by atoms with van der Waals surface area (Å²) < 4.78 is 9.90. The molecule has 0 aliphatic heterocycles. The van der Waals surface area contributed by atoms with E-state index in [9.17, 15) is 9.59 Å². The highest BCUT2D eigenvalue weighted by Gasteiger charge is 2.19. The number of thiazole rings is 1. The lowest BCUT2D eigenvalue weighted by Gasteiger charge is -2.03. The summed E-state index contributed by atoms with van der Waals surface area (Å²) in [6, 6.07) is 8.71. The van der Waals surface area contributed by atoms with Crippen LogP contribution in [0, 0.1) is 13.8 Å². The maximum Gasteiger partial charge on any atom is 0.350 e. The summed E-state index contributed by atoms with van der Waals surface area (Å²) >= 11 is 7.07. The lowest BCUT2D eigenvalue weighted by atomic mass is 10.2. The Hall–Kier alpha value is -2.71. The van der Waals surface area contributed by atoms with Crippen LogP contribution in [0.1, 0.15) is 21.1 Å². The molecule has 1 amide bonds. The van der Waals surface area contributed by atoms with E-state index in [2.05, 4.69) is 15.5 Å². The van der Waals surface area contributed by atoms with Gasteiger partial charge in [0.1, 0.15) is 15.6 Å². The van der Waals surface area contributed by atoms with Gasteiger partial charge >= 0.3 is 5.97 Å². The van der Waals surface area contributed by atoms with Crippen molar-refractivity contribution < 1.29 is 18.8 Å². The third kappa shape index (κ3) is 4.27. The normalized spacial score (nSPS) is 10.6. The molecule has 9 heteroatoms. The molecule has 0 saturated carbocycles. The fraction of sp³-hybridized carbons (Fsp3) is 0.176. The number of hydrogen-bond acceptors (Lipinski definition) is 7. The van der Waals surface area contributed by atoms with Gasteiger partial charge in [-0.25, -0.2) is 9.78 Å². The largest absolute Gasteiger partial charge is 0.451 e. The van der Waals surface area contributed by atoms with Gasteiger partial charge < -0.3 is 14.6 Å². The molecule has 0 unspecified atom stereocenters. The highest BCUT2D eigenvalue weighted by Crippen LogP contribution is 2.29. The van der Waals surface area contributed by atoms with Crippen LogP contribution in [0.2, 0.25) is 5.02 Å². The standard InChI is InChI=1S/C17H14ClN3O4S/c1-9-7-13(21-25-9)20-14(22)8-24-17(23)15-10(2)19-16(26-15)11-3-5-12(18)6-4-11/h3-7H,8H2,1-2H3,(H,20,21,22). The summed E-state index contributed by atoms with van der Waals surface area (Å²) in [6.07, 6.45) is 0. The lowest BCUT2D eigenvalue weighted by molar-refractivity contribution is -0.119. The maximum atomic E-state index is 12.2.